The van der Waals surface area contributed by atoms with E-state index < -0.39 is 161 Å². The van der Waals surface area contributed by atoms with Crippen LogP contribution in [0.5, 0.6) is 34.5 Å². The van der Waals surface area contributed by atoms with Crippen molar-refractivity contribution in [2.45, 2.75) is 19.6 Å². The summed E-state index contributed by atoms with van der Waals surface area (Å²) in [6.45, 7) is 0. The monoisotopic (exact) mass is 1520 g/mol. The number of nitro benzene ring substituents is 2. The van der Waals surface area contributed by atoms with Gasteiger partial charge in [0, 0.05) is 69.3 Å². The van der Waals surface area contributed by atoms with E-state index in [9.17, 15) is 103 Å². The van der Waals surface area contributed by atoms with Gasteiger partial charge in [-0.3, -0.25) is 20.2 Å². The first kappa shape index (κ1) is 87.7. The fraction of sp³-hybridized carbons (Fsp3) is 0. The zero-order valence-electron chi connectivity index (χ0n) is 51.7. The summed E-state index contributed by atoms with van der Waals surface area (Å²) < 4.78 is 142. The Morgan fingerprint density at radius 3 is 0.930 bits per heavy atom. The van der Waals surface area contributed by atoms with Crippen molar-refractivity contribution in [2.75, 3.05) is 10.6 Å². The van der Waals surface area contributed by atoms with E-state index in [4.69, 9.17) is 0 Å². The average Bonchev–Trinajstić information content (AvgIpc) is 0.772. The number of azo groups is 4. The third kappa shape index (κ3) is 21.8. The molecule has 0 fully saturated rings. The van der Waals surface area contributed by atoms with E-state index in [2.05, 4.69) is 51.5 Å². The molecule has 34 nitrogen and oxygen atoms in total. The molecule has 0 spiro atoms. The Morgan fingerprint density at radius 2 is 0.640 bits per heavy atom. The maximum absolute atomic E-state index is 12.5. The summed E-state index contributed by atoms with van der Waals surface area (Å²) in [6.07, 6.45) is 0. The fourth-order valence-electron chi connectivity index (χ4n) is 8.49. The van der Waals surface area contributed by atoms with Crippen molar-refractivity contribution in [3.05, 3.63) is 190 Å². The van der Waals surface area contributed by atoms with E-state index in [-0.39, 0.29) is 198 Å². The maximum Gasteiger partial charge on any atom is 3.00 e. The molecule has 0 saturated heterocycles. The largest absolute Gasteiger partial charge is 3.00 e. The molecule has 0 aliphatic carbocycles. The number of phenolic OH excluding ortho intramolecular Hbond substituents is 2. The predicted molar refractivity (Wildman–Crippen MR) is 316 cm³/mol. The van der Waals surface area contributed by atoms with Crippen molar-refractivity contribution in [1.29, 1.82) is 0 Å². The van der Waals surface area contributed by atoms with Crippen molar-refractivity contribution in [1.82, 2.24) is 0 Å². The average molecular weight is 1520 g/mol. The van der Waals surface area contributed by atoms with Gasteiger partial charge >= 0.3 is 165 Å². The molecular weight excluding hydrogens is 1490 g/mol. The topological polar surface area (TPSA) is 571 Å². The van der Waals surface area contributed by atoms with Crippen LogP contribution in [0.25, 0.3) is 21.5 Å². The number of fused-ring (bicyclic) bond motifs is 2. The molecule has 0 saturated carbocycles. The van der Waals surface area contributed by atoms with Crippen LogP contribution in [0.3, 0.4) is 0 Å². The van der Waals surface area contributed by atoms with Gasteiger partial charge in [0.05, 0.1) is 74.9 Å². The molecule has 0 aromatic heterocycles. The molecule has 0 amide bonds. The molecule has 0 unspecified atom stereocenters. The summed E-state index contributed by atoms with van der Waals surface area (Å²) in [6, 6.07) is 33.3. The van der Waals surface area contributed by atoms with Gasteiger partial charge in [0.15, 0.2) is 0 Å². The van der Waals surface area contributed by atoms with Gasteiger partial charge in [-0.15, -0.1) is 10.2 Å². The number of hydrogen-bond donors (Lipinski definition) is 4. The van der Waals surface area contributed by atoms with E-state index in [0.29, 0.717) is 35.6 Å². The fourth-order valence-corrected chi connectivity index (χ4v) is 11.2. The Balaban J connectivity index is 0.000000491. The van der Waals surface area contributed by atoms with Crippen LogP contribution in [-0.4, -0.2) is 71.9 Å². The van der Waals surface area contributed by atoms with E-state index in [1.807, 2.05) is 0 Å². The van der Waals surface area contributed by atoms with E-state index >= 15 is 0 Å². The standard InChI is InChI=1S/2C28H20N6O11S2.Fe.5Na/c2*35-23-13-24(36)22(32-33-28-18-8-7-17(34(38)39)11-19(18)26(14-25(28)37)46(40,41)42)12-21(23)31-30-16-6-9-20(27(10-16)47(43,44)45)29-15-4-2-1-3-5-15;;;;;;/h2*1-14,29,35-37H,(H,40,41,42)(H,43,44,45);;;;;;/q;;+3;5*+1/p-8. The number of anilines is 4. The number of para-hydroxylation sites is 2. The van der Waals surface area contributed by atoms with Crippen molar-refractivity contribution in [2.24, 2.45) is 40.9 Å². The van der Waals surface area contributed by atoms with Gasteiger partial charge in [-0.25, -0.2) is 33.7 Å². The summed E-state index contributed by atoms with van der Waals surface area (Å²) >= 11 is 0. The minimum atomic E-state index is -5.22. The summed E-state index contributed by atoms with van der Waals surface area (Å²) in [5.74, 6) is -5.47. The van der Waals surface area contributed by atoms with E-state index in [1.165, 1.54) is 24.3 Å². The minimum absolute atomic E-state index is 0. The summed E-state index contributed by atoms with van der Waals surface area (Å²) in [4.78, 5) is 17.5. The maximum atomic E-state index is 12.5. The molecule has 4 N–H and O–H groups in total. The predicted octanol–water partition coefficient (Wildman–Crippen LogP) is -5.02. The normalized spacial score (nSPS) is 11.5. The molecular formula is C56H32FeN12Na5O22S4. The first-order valence-electron chi connectivity index (χ1n) is 25.6. The van der Waals surface area contributed by atoms with Crippen LogP contribution in [0.15, 0.2) is 230 Å². The van der Waals surface area contributed by atoms with E-state index in [0.717, 1.165) is 60.7 Å². The van der Waals surface area contributed by atoms with Crippen molar-refractivity contribution < 1.29 is 257 Å². The number of hydrogen-bond acceptors (Lipinski definition) is 32. The van der Waals surface area contributed by atoms with Crippen molar-refractivity contribution >= 4 is 142 Å². The third-order valence-electron chi connectivity index (χ3n) is 12.7. The number of non-ortho nitro benzene ring substituents is 2. The van der Waals surface area contributed by atoms with Gasteiger partial charge in [-0.05, 0) is 84.9 Å². The van der Waals surface area contributed by atoms with Gasteiger partial charge in [0.1, 0.15) is 63.3 Å². The quantitative estimate of drug-likeness (QED) is 0.0205. The van der Waals surface area contributed by atoms with Crippen LogP contribution in [0, 0.1) is 20.2 Å². The first-order chi connectivity index (χ1) is 44.2. The third-order valence-corrected chi connectivity index (χ3v) is 16.3. The summed E-state index contributed by atoms with van der Waals surface area (Å²) in [5.41, 5.74) is -3.41. The number of benzene rings is 10. The molecule has 10 aromatic rings. The zero-order valence-corrected chi connectivity index (χ0v) is 66.1. The van der Waals surface area contributed by atoms with Crippen LogP contribution in [0.4, 0.5) is 79.6 Å². The molecule has 0 aliphatic heterocycles. The zero-order chi connectivity index (χ0) is 68.2. The van der Waals surface area contributed by atoms with Crippen molar-refractivity contribution in [3.8, 4) is 34.5 Å². The molecule has 0 aliphatic rings. The Morgan fingerprint density at radius 1 is 0.340 bits per heavy atom. The second-order valence-electron chi connectivity index (χ2n) is 19.0. The van der Waals surface area contributed by atoms with Gasteiger partial charge in [-0.1, -0.05) is 71.5 Å². The molecule has 0 atom stereocenters. The Labute approximate surface area is 685 Å². The van der Waals surface area contributed by atoms with Crippen LogP contribution < -0.4 is 179 Å². The van der Waals surface area contributed by atoms with Crippen LogP contribution >= 0.6 is 0 Å². The van der Waals surface area contributed by atoms with Gasteiger partial charge in [0.25, 0.3) is 11.4 Å². The van der Waals surface area contributed by atoms with Gasteiger partial charge in [0.2, 0.25) is 0 Å². The Kier molecular flexibility index (Phi) is 32.1. The molecule has 10 rings (SSSR count). The molecule has 0 heterocycles. The number of nitrogens with zero attached hydrogens (tertiary/aromatic N) is 10. The SMILES string of the molecule is O=[N+]([O-])c1ccc2c(N=Nc3cc(N=Nc4ccc(Nc5ccccc5)c(S(=O)(=O)[O-])c4)c([O-])cc3[O-])c(O)cc(S(=O)(=O)[O-])c2c1.O=[N+]([O-])c1ccc2c(N=Nc3cc(N=Nc4ccc(Nc5ccccc5)c(S(=O)(=O)[O-])c4)c([O-])cc3[O-])c(O)cc(S(=O)(=O)[O-])c2c1.[Fe+3].[Na+].[Na+].[Na+].[Na+].[Na+]. The number of nitro groups is 2. The number of rotatable bonds is 18. The number of phenols is 2. The molecule has 100 heavy (non-hydrogen) atoms. The second kappa shape index (κ2) is 36.6. The van der Waals surface area contributed by atoms with E-state index in [1.54, 1.807) is 60.7 Å². The molecule has 485 valence electrons. The second-order valence-corrected chi connectivity index (χ2v) is 24.4. The molecule has 10 aromatic carbocycles. The van der Waals surface area contributed by atoms with Crippen LogP contribution in [-0.2, 0) is 57.5 Å². The van der Waals surface area contributed by atoms with Crippen LogP contribution in [0.1, 0.15) is 0 Å². The minimum Gasteiger partial charge on any atom is -0.871 e. The summed E-state index contributed by atoms with van der Waals surface area (Å²) in [5, 5.41) is 127. The van der Waals surface area contributed by atoms with Gasteiger partial charge in [-0.2, -0.15) is 30.7 Å². The van der Waals surface area contributed by atoms with Gasteiger partial charge < -0.3 is 59.5 Å². The molecule has 1 radical (unpaired) electrons. The smallest absolute Gasteiger partial charge is 0.871 e. The van der Waals surface area contributed by atoms with Crippen molar-refractivity contribution in [3.63, 3.8) is 0 Å². The Hall–Kier alpha value is -6.52. The van der Waals surface area contributed by atoms with Crippen LogP contribution in [0.2, 0.25) is 0 Å². The summed E-state index contributed by atoms with van der Waals surface area (Å²) in [7, 11) is -20.4. The number of nitrogens with one attached hydrogen (secondary N) is 2. The molecule has 0 bridgehead atoms. The molecule has 44 heteroatoms. The first-order valence-corrected chi connectivity index (χ1v) is 31.2. The number of aromatic hydroxyl groups is 2. The Bertz CT molecular complexity index is 5070.